The second-order valence-electron chi connectivity index (χ2n) is 5.22. The predicted molar refractivity (Wildman–Crippen MR) is 80.7 cm³/mol. The van der Waals surface area contributed by atoms with Crippen LogP contribution in [0.4, 0.5) is 0 Å². The standard InChI is InChI=1S/C15H17NO7S.Na/c1-3-6-22-15(21)9-7-24-14-12(13(20)16(9)14)8(2)23-11(19)5-4-10(17)18;/h3,7-8,12,14H,1,4-6H2,2H3,(H,17,18);/q;+1/p-1/t8?,12-,14-;/m0./s1. The van der Waals surface area contributed by atoms with Crippen LogP contribution in [-0.2, 0) is 28.7 Å². The van der Waals surface area contributed by atoms with Crippen LogP contribution < -0.4 is 34.7 Å². The number of carbonyl (C=O) groups excluding carboxylic acids is 4. The molecule has 1 fully saturated rings. The molecule has 130 valence electrons. The monoisotopic (exact) mass is 377 g/mol. The Balaban J connectivity index is 0.00000312. The molecule has 3 atom stereocenters. The van der Waals surface area contributed by atoms with E-state index in [1.54, 1.807) is 12.3 Å². The summed E-state index contributed by atoms with van der Waals surface area (Å²) in [6.45, 7) is 5.05. The number of carboxylic acid groups (broad SMARTS) is 1. The molecule has 0 aliphatic carbocycles. The average molecular weight is 377 g/mol. The zero-order valence-corrected chi connectivity index (χ0v) is 16.7. The molecule has 0 saturated carbocycles. The molecular weight excluding hydrogens is 361 g/mol. The summed E-state index contributed by atoms with van der Waals surface area (Å²) >= 11 is 1.27. The van der Waals surface area contributed by atoms with Gasteiger partial charge in [-0.15, -0.1) is 11.8 Å². The number of carbonyl (C=O) groups is 4. The normalized spacial score (nSPS) is 21.9. The number of thioether (sulfide) groups is 1. The van der Waals surface area contributed by atoms with Crippen LogP contribution in [0.1, 0.15) is 19.8 Å². The molecule has 25 heavy (non-hydrogen) atoms. The Morgan fingerprint density at radius 3 is 2.72 bits per heavy atom. The van der Waals surface area contributed by atoms with E-state index in [1.165, 1.54) is 22.7 Å². The Kier molecular flexibility index (Phi) is 8.20. The van der Waals surface area contributed by atoms with Crippen LogP contribution in [0.2, 0.25) is 0 Å². The van der Waals surface area contributed by atoms with Gasteiger partial charge in [-0.3, -0.25) is 14.5 Å². The molecular formula is C15H16NNaO7S. The van der Waals surface area contributed by atoms with Gasteiger partial charge in [0.1, 0.15) is 29.7 Å². The van der Waals surface area contributed by atoms with Crippen LogP contribution in [-0.4, -0.2) is 46.8 Å². The van der Waals surface area contributed by atoms with Crippen molar-refractivity contribution >= 4 is 35.6 Å². The van der Waals surface area contributed by atoms with Crippen molar-refractivity contribution < 1.29 is 63.3 Å². The van der Waals surface area contributed by atoms with E-state index in [0.717, 1.165) is 0 Å². The van der Waals surface area contributed by atoms with Crippen molar-refractivity contribution in [2.24, 2.45) is 5.92 Å². The SMILES string of the molecule is C=CCOC(=O)C1=CS[C@H]2[C@@H](C(C)OC(=O)CCC(=O)[O-])C(=O)N12.[Na+]. The zero-order chi connectivity index (χ0) is 17.9. The number of carboxylic acids is 1. The maximum absolute atomic E-state index is 12.3. The smallest absolute Gasteiger partial charge is 0.550 e. The van der Waals surface area contributed by atoms with Crippen molar-refractivity contribution in [3.63, 3.8) is 0 Å². The van der Waals surface area contributed by atoms with Crippen LogP contribution in [0.25, 0.3) is 0 Å². The third-order valence-electron chi connectivity index (χ3n) is 3.56. The van der Waals surface area contributed by atoms with E-state index in [4.69, 9.17) is 9.47 Å². The molecule has 0 N–H and O–H groups in total. The fourth-order valence-corrected chi connectivity index (χ4v) is 3.73. The molecule has 8 nitrogen and oxygen atoms in total. The third-order valence-corrected chi connectivity index (χ3v) is 4.70. The minimum Gasteiger partial charge on any atom is -0.550 e. The second kappa shape index (κ2) is 9.42. The van der Waals surface area contributed by atoms with Crippen molar-refractivity contribution in [3.05, 3.63) is 23.8 Å². The molecule has 1 amide bonds. The largest absolute Gasteiger partial charge is 1.00 e. The van der Waals surface area contributed by atoms with Gasteiger partial charge in [0.15, 0.2) is 0 Å². The van der Waals surface area contributed by atoms with Crippen LogP contribution in [0.15, 0.2) is 23.8 Å². The van der Waals surface area contributed by atoms with Crippen molar-refractivity contribution in [1.82, 2.24) is 4.90 Å². The van der Waals surface area contributed by atoms with Gasteiger partial charge in [0.2, 0.25) is 5.91 Å². The summed E-state index contributed by atoms with van der Waals surface area (Å²) < 4.78 is 10.0. The molecule has 2 aliphatic heterocycles. The summed E-state index contributed by atoms with van der Waals surface area (Å²) in [6.07, 6.45) is -0.0492. The molecule has 0 aromatic carbocycles. The van der Waals surface area contributed by atoms with E-state index in [1.807, 2.05) is 0 Å². The zero-order valence-electron chi connectivity index (χ0n) is 13.9. The summed E-state index contributed by atoms with van der Waals surface area (Å²) in [6, 6.07) is 0. The van der Waals surface area contributed by atoms with E-state index >= 15 is 0 Å². The van der Waals surface area contributed by atoms with Gasteiger partial charge >= 0.3 is 41.5 Å². The molecule has 0 bridgehead atoms. The van der Waals surface area contributed by atoms with Crippen molar-refractivity contribution in [3.8, 4) is 0 Å². The van der Waals surface area contributed by atoms with Crippen molar-refractivity contribution in [2.75, 3.05) is 6.61 Å². The van der Waals surface area contributed by atoms with Crippen LogP contribution >= 0.6 is 11.8 Å². The Morgan fingerprint density at radius 2 is 2.12 bits per heavy atom. The summed E-state index contributed by atoms with van der Waals surface area (Å²) in [5.74, 6) is -3.60. The molecule has 0 aromatic rings. The van der Waals surface area contributed by atoms with E-state index < -0.39 is 36.4 Å². The van der Waals surface area contributed by atoms with Crippen LogP contribution in [0.3, 0.4) is 0 Å². The summed E-state index contributed by atoms with van der Waals surface area (Å²) in [7, 11) is 0. The van der Waals surface area contributed by atoms with Gasteiger partial charge in [-0.05, 0) is 13.3 Å². The number of rotatable bonds is 8. The molecule has 0 radical (unpaired) electrons. The van der Waals surface area contributed by atoms with Crippen molar-refractivity contribution in [1.29, 1.82) is 0 Å². The number of β-lactam (4-membered cyclic amide) rings is 1. The van der Waals surface area contributed by atoms with Gasteiger partial charge in [0.05, 0.1) is 6.42 Å². The van der Waals surface area contributed by atoms with Crippen LogP contribution in [0, 0.1) is 5.92 Å². The van der Waals surface area contributed by atoms with Gasteiger partial charge < -0.3 is 19.4 Å². The van der Waals surface area contributed by atoms with Gasteiger partial charge in [0.25, 0.3) is 0 Å². The van der Waals surface area contributed by atoms with Gasteiger partial charge in [-0.1, -0.05) is 12.7 Å². The predicted octanol–water partition coefficient (Wildman–Crippen LogP) is -3.45. The first-order chi connectivity index (χ1) is 11.4. The number of hydrogen-bond donors (Lipinski definition) is 0. The number of esters is 2. The summed E-state index contributed by atoms with van der Waals surface area (Å²) in [5.41, 5.74) is 0.156. The Hall–Kier alpha value is -1.29. The molecule has 0 spiro atoms. The minimum absolute atomic E-state index is 0. The molecule has 2 rings (SSSR count). The molecule has 10 heteroatoms. The fourth-order valence-electron chi connectivity index (χ4n) is 2.41. The quantitative estimate of drug-likeness (QED) is 0.186. The molecule has 1 saturated heterocycles. The van der Waals surface area contributed by atoms with Crippen LogP contribution in [0.5, 0.6) is 0 Å². The first kappa shape index (κ1) is 21.8. The Morgan fingerprint density at radius 1 is 1.44 bits per heavy atom. The topological polar surface area (TPSA) is 113 Å². The Labute approximate surface area is 170 Å². The maximum atomic E-state index is 12.3. The molecule has 2 aliphatic rings. The average Bonchev–Trinajstić information content (AvgIpc) is 2.89. The van der Waals surface area contributed by atoms with Gasteiger partial charge in [-0.2, -0.15) is 0 Å². The maximum Gasteiger partial charge on any atom is 1.00 e. The van der Waals surface area contributed by atoms with E-state index in [2.05, 4.69) is 6.58 Å². The minimum atomic E-state index is -1.34. The number of aliphatic carboxylic acids is 1. The van der Waals surface area contributed by atoms with E-state index in [0.29, 0.717) is 0 Å². The van der Waals surface area contributed by atoms with E-state index in [9.17, 15) is 24.3 Å². The first-order valence-electron chi connectivity index (χ1n) is 7.23. The first-order valence-corrected chi connectivity index (χ1v) is 8.17. The van der Waals surface area contributed by atoms with Crippen molar-refractivity contribution in [2.45, 2.75) is 31.2 Å². The Bertz CT molecular complexity index is 621. The number of ether oxygens (including phenoxy) is 2. The summed E-state index contributed by atoms with van der Waals surface area (Å²) in [5, 5.41) is 11.5. The van der Waals surface area contributed by atoms with Gasteiger partial charge in [0, 0.05) is 11.4 Å². The molecule has 1 unspecified atom stereocenters. The number of hydrogen-bond acceptors (Lipinski definition) is 8. The van der Waals surface area contributed by atoms with E-state index in [-0.39, 0.29) is 59.6 Å². The summed E-state index contributed by atoms with van der Waals surface area (Å²) in [4.78, 5) is 47.3. The molecule has 0 aromatic heterocycles. The van der Waals surface area contributed by atoms with Gasteiger partial charge in [-0.25, -0.2) is 4.79 Å². The number of nitrogens with zero attached hydrogens (tertiary/aromatic N) is 1. The number of fused-ring (bicyclic) bond motifs is 1. The third kappa shape index (κ3) is 4.87. The second-order valence-corrected chi connectivity index (χ2v) is 6.21. The fraction of sp³-hybridized carbons (Fsp3) is 0.467. The number of amides is 1. The molecule has 2 heterocycles.